The molecule has 1 N–H and O–H groups in total. The first kappa shape index (κ1) is 15.3. The van der Waals surface area contributed by atoms with Gasteiger partial charge in [0.05, 0.1) is 10.7 Å². The molecular weight excluding hydrogens is 316 g/mol. The summed E-state index contributed by atoms with van der Waals surface area (Å²) in [6, 6.07) is 11.7. The highest BCUT2D eigenvalue weighted by Gasteiger charge is 2.14. The molecule has 0 bridgehead atoms. The van der Waals surface area contributed by atoms with Gasteiger partial charge in [-0.15, -0.1) is 0 Å². The van der Waals surface area contributed by atoms with Gasteiger partial charge in [0, 0.05) is 22.8 Å². The number of benzene rings is 2. The highest BCUT2D eigenvalue weighted by Crippen LogP contribution is 2.18. The highest BCUT2D eigenvalue weighted by molar-refractivity contribution is 7.91. The highest BCUT2D eigenvalue weighted by atomic mass is 35.5. The zero-order valence-electron chi connectivity index (χ0n) is 10.7. The Morgan fingerprint density at radius 2 is 1.81 bits per heavy atom. The Balaban J connectivity index is 2.15. The fraction of sp³-hybridized carbons (Fsp3) is 0.0769. The van der Waals surface area contributed by atoms with E-state index in [9.17, 15) is 18.5 Å². The van der Waals surface area contributed by atoms with E-state index in [0.717, 1.165) is 0 Å². The van der Waals surface area contributed by atoms with E-state index in [1.807, 2.05) is 0 Å². The van der Waals surface area contributed by atoms with E-state index in [1.54, 1.807) is 12.1 Å². The van der Waals surface area contributed by atoms with Gasteiger partial charge in [-0.25, -0.2) is 8.42 Å². The van der Waals surface area contributed by atoms with E-state index < -0.39 is 14.9 Å². The first-order valence-electron chi connectivity index (χ1n) is 5.85. The summed E-state index contributed by atoms with van der Waals surface area (Å²) in [5, 5.41) is 11.2. The summed E-state index contributed by atoms with van der Waals surface area (Å²) in [6.45, 7) is 0. The Morgan fingerprint density at radius 3 is 2.43 bits per heavy atom. The predicted octanol–water partition coefficient (Wildman–Crippen LogP) is 3.19. The van der Waals surface area contributed by atoms with Crippen molar-refractivity contribution in [2.45, 2.75) is 5.75 Å². The summed E-state index contributed by atoms with van der Waals surface area (Å²) < 4.78 is 26.4. The maximum Gasteiger partial charge on any atom is 0.269 e. The van der Waals surface area contributed by atoms with Gasteiger partial charge in [-0.2, -0.15) is 0 Å². The molecule has 0 fully saturated rings. The second-order valence-corrected chi connectivity index (χ2v) is 6.45. The quantitative estimate of drug-likeness (QED) is 0.675. The summed E-state index contributed by atoms with van der Waals surface area (Å²) in [4.78, 5) is 10.1. The van der Waals surface area contributed by atoms with Crippen molar-refractivity contribution >= 4 is 33.0 Å². The molecule has 0 aliphatic heterocycles. The van der Waals surface area contributed by atoms with Crippen LogP contribution in [0.3, 0.4) is 0 Å². The Bertz CT molecular complexity index is 760. The van der Waals surface area contributed by atoms with Gasteiger partial charge in [-0.05, 0) is 29.8 Å². The van der Waals surface area contributed by atoms with Crippen LogP contribution in [0, 0.1) is 10.1 Å². The topological polar surface area (TPSA) is 89.3 Å². The smallest absolute Gasteiger partial charge is 0.269 e. The van der Waals surface area contributed by atoms with E-state index >= 15 is 0 Å². The zero-order chi connectivity index (χ0) is 15.5. The number of hydrogen-bond donors (Lipinski definition) is 1. The van der Waals surface area contributed by atoms with Crippen LogP contribution in [0.5, 0.6) is 0 Å². The van der Waals surface area contributed by atoms with Crippen LogP contribution in [0.4, 0.5) is 11.4 Å². The Labute approximate surface area is 126 Å². The summed E-state index contributed by atoms with van der Waals surface area (Å²) in [7, 11) is -3.66. The molecule has 8 heteroatoms. The number of nitrogens with zero attached hydrogens (tertiary/aromatic N) is 1. The summed E-state index contributed by atoms with van der Waals surface area (Å²) >= 11 is 5.72. The summed E-state index contributed by atoms with van der Waals surface area (Å²) in [5.41, 5.74) is 0.574. The number of hydrogen-bond acceptors (Lipinski definition) is 4. The number of nitro groups is 1. The van der Waals surface area contributed by atoms with Crippen molar-refractivity contribution < 1.29 is 13.3 Å². The number of non-ortho nitro benzene ring substituents is 1. The van der Waals surface area contributed by atoms with Gasteiger partial charge in [0.15, 0.2) is 0 Å². The molecule has 0 heterocycles. The molecule has 0 atom stereocenters. The van der Waals surface area contributed by atoms with E-state index in [4.69, 9.17) is 11.6 Å². The molecule has 0 aromatic heterocycles. The van der Waals surface area contributed by atoms with Gasteiger partial charge >= 0.3 is 0 Å². The minimum absolute atomic E-state index is 0.144. The molecule has 0 spiro atoms. The Morgan fingerprint density at radius 1 is 1.14 bits per heavy atom. The number of rotatable bonds is 5. The third kappa shape index (κ3) is 4.44. The molecule has 0 saturated heterocycles. The number of sulfonamides is 1. The first-order chi connectivity index (χ1) is 9.85. The van der Waals surface area contributed by atoms with Crippen molar-refractivity contribution in [3.05, 3.63) is 69.2 Å². The fourth-order valence-electron chi connectivity index (χ4n) is 1.71. The van der Waals surface area contributed by atoms with Crippen molar-refractivity contribution in [2.24, 2.45) is 0 Å². The van der Waals surface area contributed by atoms with Gasteiger partial charge in [0.1, 0.15) is 0 Å². The van der Waals surface area contributed by atoms with Crippen LogP contribution < -0.4 is 4.72 Å². The van der Waals surface area contributed by atoms with Crippen LogP contribution in [-0.4, -0.2) is 13.3 Å². The summed E-state index contributed by atoms with van der Waals surface area (Å²) in [5.74, 6) is -0.350. The maximum absolute atomic E-state index is 12.0. The van der Waals surface area contributed by atoms with Gasteiger partial charge < -0.3 is 0 Å². The molecule has 0 radical (unpaired) electrons. The van der Waals surface area contributed by atoms with E-state index in [2.05, 4.69) is 4.72 Å². The van der Waals surface area contributed by atoms with Gasteiger partial charge in [0.25, 0.3) is 5.69 Å². The lowest BCUT2D eigenvalue weighted by Crippen LogP contribution is -2.15. The Hall–Kier alpha value is -2.12. The van der Waals surface area contributed by atoms with Crippen molar-refractivity contribution in [3.8, 4) is 0 Å². The SMILES string of the molecule is O=[N+]([O-])c1cccc(CS(=O)(=O)Nc2ccc(Cl)cc2)c1. The largest absolute Gasteiger partial charge is 0.283 e. The van der Waals surface area contributed by atoms with Crippen LogP contribution in [0.25, 0.3) is 0 Å². The first-order valence-corrected chi connectivity index (χ1v) is 7.88. The lowest BCUT2D eigenvalue weighted by molar-refractivity contribution is -0.384. The molecule has 2 rings (SSSR count). The van der Waals surface area contributed by atoms with Crippen LogP contribution in [0.1, 0.15) is 5.56 Å². The number of halogens is 1. The average Bonchev–Trinajstić information content (AvgIpc) is 2.41. The maximum atomic E-state index is 12.0. The molecule has 0 amide bonds. The minimum Gasteiger partial charge on any atom is -0.283 e. The summed E-state index contributed by atoms with van der Waals surface area (Å²) in [6.07, 6.45) is 0. The average molecular weight is 327 g/mol. The molecule has 0 unspecified atom stereocenters. The number of anilines is 1. The number of nitrogens with one attached hydrogen (secondary N) is 1. The van der Waals surface area contributed by atoms with Crippen molar-refractivity contribution in [2.75, 3.05) is 4.72 Å². The Kier molecular flexibility index (Phi) is 4.44. The lowest BCUT2D eigenvalue weighted by Gasteiger charge is -2.08. The van der Waals surface area contributed by atoms with E-state index in [-0.39, 0.29) is 11.4 Å². The van der Waals surface area contributed by atoms with Crippen LogP contribution >= 0.6 is 11.6 Å². The molecule has 0 aliphatic rings. The molecule has 110 valence electrons. The fourth-order valence-corrected chi connectivity index (χ4v) is 3.02. The molecule has 2 aromatic carbocycles. The number of nitro benzene ring substituents is 1. The molecule has 2 aromatic rings. The molecular formula is C13H11ClN2O4S. The second kappa shape index (κ2) is 6.11. The van der Waals surface area contributed by atoms with Gasteiger partial charge in [0.2, 0.25) is 10.0 Å². The van der Waals surface area contributed by atoms with Crippen LogP contribution in [-0.2, 0) is 15.8 Å². The normalized spacial score (nSPS) is 11.1. The predicted molar refractivity (Wildman–Crippen MR) is 80.8 cm³/mol. The van der Waals surface area contributed by atoms with Crippen LogP contribution in [0.2, 0.25) is 5.02 Å². The minimum atomic E-state index is -3.66. The molecule has 0 aliphatic carbocycles. The van der Waals surface area contributed by atoms with Crippen LogP contribution in [0.15, 0.2) is 48.5 Å². The standard InChI is InChI=1S/C13H11ClN2O4S/c14-11-4-6-12(7-5-11)15-21(19,20)9-10-2-1-3-13(8-10)16(17)18/h1-8,15H,9H2. The molecule has 21 heavy (non-hydrogen) atoms. The van der Waals surface area contributed by atoms with Crippen molar-refractivity contribution in [1.29, 1.82) is 0 Å². The monoisotopic (exact) mass is 326 g/mol. The third-order valence-corrected chi connectivity index (χ3v) is 4.11. The third-order valence-electron chi connectivity index (χ3n) is 2.60. The molecule has 0 saturated carbocycles. The van der Waals surface area contributed by atoms with Crippen molar-refractivity contribution in [3.63, 3.8) is 0 Å². The van der Waals surface area contributed by atoms with Gasteiger partial charge in [-0.3, -0.25) is 14.8 Å². The zero-order valence-corrected chi connectivity index (χ0v) is 12.3. The van der Waals surface area contributed by atoms with Crippen molar-refractivity contribution in [1.82, 2.24) is 0 Å². The van der Waals surface area contributed by atoms with E-state index in [1.165, 1.54) is 36.4 Å². The second-order valence-electron chi connectivity index (χ2n) is 4.30. The molecule has 6 nitrogen and oxygen atoms in total. The van der Waals surface area contributed by atoms with E-state index in [0.29, 0.717) is 16.3 Å². The lowest BCUT2D eigenvalue weighted by atomic mass is 10.2. The van der Waals surface area contributed by atoms with Gasteiger partial charge in [-0.1, -0.05) is 23.7 Å².